The zero-order valence-electron chi connectivity index (χ0n) is 14.5. The third kappa shape index (κ3) is 3.42. The number of carbonyl (C=O) groups excluding carboxylic acids is 1. The van der Waals surface area contributed by atoms with Crippen molar-refractivity contribution in [2.75, 3.05) is 6.54 Å². The number of aryl methyl sites for hydroxylation is 1. The minimum absolute atomic E-state index is 0.0596. The van der Waals surface area contributed by atoms with Gasteiger partial charge in [-0.25, -0.2) is 0 Å². The van der Waals surface area contributed by atoms with E-state index in [4.69, 9.17) is 0 Å². The summed E-state index contributed by atoms with van der Waals surface area (Å²) in [5, 5.41) is 1.85. The van der Waals surface area contributed by atoms with Crippen molar-refractivity contribution in [3.05, 3.63) is 69.6 Å². The van der Waals surface area contributed by atoms with Crippen molar-refractivity contribution in [1.29, 1.82) is 0 Å². The molecule has 0 aliphatic carbocycles. The van der Waals surface area contributed by atoms with Gasteiger partial charge in [0.25, 0.3) is 11.5 Å². The van der Waals surface area contributed by atoms with Crippen molar-refractivity contribution < 1.29 is 4.79 Å². The van der Waals surface area contributed by atoms with Gasteiger partial charge in [0.1, 0.15) is 5.69 Å². The third-order valence-corrected chi connectivity index (χ3v) is 5.79. The topological polar surface area (TPSA) is 54.7 Å². The summed E-state index contributed by atoms with van der Waals surface area (Å²) >= 11 is 1.37. The Morgan fingerprint density at radius 2 is 2.08 bits per heavy atom. The van der Waals surface area contributed by atoms with Crippen molar-refractivity contribution in [2.24, 2.45) is 0 Å². The second-order valence-corrected chi connectivity index (χ2v) is 7.58. The Bertz CT molecular complexity index is 964. The van der Waals surface area contributed by atoms with Gasteiger partial charge in [-0.05, 0) is 37.7 Å². The van der Waals surface area contributed by atoms with Gasteiger partial charge < -0.3 is 4.90 Å². The molecule has 26 heavy (non-hydrogen) atoms. The van der Waals surface area contributed by atoms with E-state index in [-0.39, 0.29) is 17.5 Å². The number of fused-ring (bicyclic) bond motifs is 1. The SMILES string of the molecule is O=C(c1cc(=O)nc2sccn12)N1CCCCC1CCc1ccccc1. The molecular weight excluding hydrogens is 346 g/mol. The van der Waals surface area contributed by atoms with Crippen LogP contribution in [0.25, 0.3) is 4.96 Å². The number of aromatic nitrogens is 2. The van der Waals surface area contributed by atoms with Gasteiger partial charge in [0.2, 0.25) is 0 Å². The average Bonchev–Trinajstić information content (AvgIpc) is 3.14. The number of amides is 1. The summed E-state index contributed by atoms with van der Waals surface area (Å²) in [6.45, 7) is 0.751. The van der Waals surface area contributed by atoms with E-state index in [2.05, 4.69) is 29.2 Å². The summed E-state index contributed by atoms with van der Waals surface area (Å²) in [4.78, 5) is 31.6. The fourth-order valence-electron chi connectivity index (χ4n) is 3.71. The minimum atomic E-state index is -0.353. The molecule has 1 fully saturated rings. The summed E-state index contributed by atoms with van der Waals surface area (Å²) in [5.41, 5.74) is 1.37. The van der Waals surface area contributed by atoms with Crippen LogP contribution in [0.15, 0.2) is 52.8 Å². The van der Waals surface area contributed by atoms with Crippen LogP contribution >= 0.6 is 11.3 Å². The summed E-state index contributed by atoms with van der Waals surface area (Å²) in [6, 6.07) is 12.0. The lowest BCUT2D eigenvalue weighted by Crippen LogP contribution is -2.44. The standard InChI is InChI=1S/C20H21N3O2S/c24-18-14-17(23-12-13-26-20(23)21-18)19(25)22-11-5-4-8-16(22)10-9-15-6-2-1-3-7-15/h1-3,6-7,12-14,16H,4-5,8-11H2. The van der Waals surface area contributed by atoms with E-state index in [1.165, 1.54) is 23.0 Å². The monoisotopic (exact) mass is 367 g/mol. The molecule has 1 atom stereocenters. The van der Waals surface area contributed by atoms with Crippen LogP contribution in [0.5, 0.6) is 0 Å². The molecular formula is C20H21N3O2S. The lowest BCUT2D eigenvalue weighted by Gasteiger charge is -2.36. The molecule has 1 aliphatic rings. The van der Waals surface area contributed by atoms with Gasteiger partial charge in [-0.1, -0.05) is 30.3 Å². The van der Waals surface area contributed by atoms with Crippen LogP contribution in [0.3, 0.4) is 0 Å². The first kappa shape index (κ1) is 17.0. The summed E-state index contributed by atoms with van der Waals surface area (Å²) in [6.07, 6.45) is 6.89. The summed E-state index contributed by atoms with van der Waals surface area (Å²) in [5.74, 6) is -0.0596. The number of nitrogens with zero attached hydrogens (tertiary/aromatic N) is 3. The molecule has 1 amide bonds. The van der Waals surface area contributed by atoms with E-state index >= 15 is 0 Å². The molecule has 1 saturated heterocycles. The Kier molecular flexibility index (Phi) is 4.84. The van der Waals surface area contributed by atoms with Crippen molar-refractivity contribution in [3.63, 3.8) is 0 Å². The molecule has 0 N–H and O–H groups in total. The van der Waals surface area contributed by atoms with Gasteiger partial charge in [-0.3, -0.25) is 14.0 Å². The Balaban J connectivity index is 1.58. The van der Waals surface area contributed by atoms with Crippen molar-refractivity contribution in [2.45, 2.75) is 38.1 Å². The smallest absolute Gasteiger partial charge is 0.274 e. The largest absolute Gasteiger partial charge is 0.334 e. The van der Waals surface area contributed by atoms with E-state index in [1.54, 1.807) is 4.40 Å². The zero-order valence-corrected chi connectivity index (χ0v) is 15.3. The van der Waals surface area contributed by atoms with Crippen LogP contribution in [0.4, 0.5) is 0 Å². The fraction of sp³-hybridized carbons (Fsp3) is 0.350. The van der Waals surface area contributed by atoms with Crippen LogP contribution < -0.4 is 5.56 Å². The number of benzene rings is 1. The van der Waals surface area contributed by atoms with Crippen LogP contribution in [0, 0.1) is 0 Å². The molecule has 0 spiro atoms. The molecule has 1 aliphatic heterocycles. The second-order valence-electron chi connectivity index (χ2n) is 6.71. The van der Waals surface area contributed by atoms with Gasteiger partial charge in [-0.2, -0.15) is 4.98 Å². The van der Waals surface area contributed by atoms with Gasteiger partial charge >= 0.3 is 0 Å². The molecule has 3 heterocycles. The van der Waals surface area contributed by atoms with E-state index in [9.17, 15) is 9.59 Å². The fourth-order valence-corrected chi connectivity index (χ4v) is 4.43. The predicted molar refractivity (Wildman–Crippen MR) is 103 cm³/mol. The van der Waals surface area contributed by atoms with Gasteiger partial charge in [0.15, 0.2) is 4.96 Å². The van der Waals surface area contributed by atoms with E-state index in [0.29, 0.717) is 10.7 Å². The minimum Gasteiger partial charge on any atom is -0.334 e. The van der Waals surface area contributed by atoms with Crippen LogP contribution in [0.1, 0.15) is 41.7 Å². The van der Waals surface area contributed by atoms with Gasteiger partial charge in [-0.15, -0.1) is 11.3 Å². The number of hydrogen-bond acceptors (Lipinski definition) is 4. The van der Waals surface area contributed by atoms with E-state index in [0.717, 1.165) is 38.6 Å². The quantitative estimate of drug-likeness (QED) is 0.710. The lowest BCUT2D eigenvalue weighted by atomic mass is 9.95. The van der Waals surface area contributed by atoms with Crippen molar-refractivity contribution in [3.8, 4) is 0 Å². The Morgan fingerprint density at radius 1 is 1.23 bits per heavy atom. The van der Waals surface area contributed by atoms with Crippen molar-refractivity contribution in [1.82, 2.24) is 14.3 Å². The number of likely N-dealkylation sites (tertiary alicyclic amines) is 1. The van der Waals surface area contributed by atoms with E-state index in [1.807, 2.05) is 22.5 Å². The molecule has 2 aromatic heterocycles. The molecule has 5 nitrogen and oxygen atoms in total. The molecule has 1 aromatic carbocycles. The van der Waals surface area contributed by atoms with Crippen LogP contribution in [-0.2, 0) is 6.42 Å². The zero-order chi connectivity index (χ0) is 17.9. The molecule has 134 valence electrons. The Hall–Kier alpha value is -2.47. The number of rotatable bonds is 4. The predicted octanol–water partition coefficient (Wildman–Crippen LogP) is 3.38. The number of carbonyl (C=O) groups is 1. The highest BCUT2D eigenvalue weighted by Gasteiger charge is 2.28. The maximum absolute atomic E-state index is 13.2. The average molecular weight is 367 g/mol. The molecule has 6 heteroatoms. The molecule has 3 aromatic rings. The summed E-state index contributed by atoms with van der Waals surface area (Å²) in [7, 11) is 0. The normalized spacial score (nSPS) is 17.5. The Morgan fingerprint density at radius 3 is 2.92 bits per heavy atom. The first-order valence-corrected chi connectivity index (χ1v) is 9.92. The maximum Gasteiger partial charge on any atom is 0.274 e. The van der Waals surface area contributed by atoms with Crippen molar-refractivity contribution >= 4 is 22.2 Å². The highest BCUT2D eigenvalue weighted by molar-refractivity contribution is 7.15. The lowest BCUT2D eigenvalue weighted by molar-refractivity contribution is 0.0594. The highest BCUT2D eigenvalue weighted by Crippen LogP contribution is 2.24. The number of hydrogen-bond donors (Lipinski definition) is 0. The first-order valence-electron chi connectivity index (χ1n) is 9.04. The van der Waals surface area contributed by atoms with E-state index < -0.39 is 0 Å². The third-order valence-electron chi connectivity index (χ3n) is 5.03. The maximum atomic E-state index is 13.2. The van der Waals surface area contributed by atoms with Crippen LogP contribution in [-0.4, -0.2) is 32.8 Å². The van der Waals surface area contributed by atoms with Crippen LogP contribution in [0.2, 0.25) is 0 Å². The highest BCUT2D eigenvalue weighted by atomic mass is 32.1. The number of thiazole rings is 1. The number of piperidine rings is 1. The molecule has 0 saturated carbocycles. The Labute approximate surface area is 155 Å². The molecule has 0 radical (unpaired) electrons. The molecule has 1 unspecified atom stereocenters. The van der Waals surface area contributed by atoms with Gasteiger partial charge in [0, 0.05) is 30.2 Å². The van der Waals surface area contributed by atoms with Gasteiger partial charge in [0.05, 0.1) is 0 Å². The first-order chi connectivity index (χ1) is 12.7. The molecule has 0 bridgehead atoms. The second kappa shape index (κ2) is 7.41. The molecule has 4 rings (SSSR count). The summed E-state index contributed by atoms with van der Waals surface area (Å²) < 4.78 is 1.73.